The van der Waals surface area contributed by atoms with E-state index in [2.05, 4.69) is 25.9 Å². The number of anilines is 2. The number of pyridine rings is 1. The number of carbonyl (C=O) groups is 1. The summed E-state index contributed by atoms with van der Waals surface area (Å²) in [6, 6.07) is 8.99. The lowest BCUT2D eigenvalue weighted by Crippen LogP contribution is -2.35. The third-order valence-electron chi connectivity index (χ3n) is 4.27. The molecular weight excluding hydrogens is 445 g/mol. The Morgan fingerprint density at radius 1 is 1.19 bits per heavy atom. The number of rotatable bonds is 5. The normalized spacial score (nSPS) is 11.4. The minimum Gasteiger partial charge on any atom is -0.308 e. The minimum atomic E-state index is -4.61. The Balaban J connectivity index is 1.35. The Morgan fingerprint density at radius 3 is 2.66 bits per heavy atom. The smallest absolute Gasteiger partial charge is 0.308 e. The summed E-state index contributed by atoms with van der Waals surface area (Å²) in [6.07, 6.45) is -2.19. The van der Waals surface area contributed by atoms with Gasteiger partial charge in [0.25, 0.3) is 6.20 Å². The molecular formula is C20H16F3N6O2S+. The molecule has 0 aliphatic rings. The molecule has 0 radical (unpaired) electrons. The van der Waals surface area contributed by atoms with E-state index in [0.29, 0.717) is 6.54 Å². The van der Waals surface area contributed by atoms with E-state index in [1.54, 1.807) is 11.3 Å². The van der Waals surface area contributed by atoms with Gasteiger partial charge in [0.15, 0.2) is 0 Å². The van der Waals surface area contributed by atoms with Crippen molar-refractivity contribution < 1.29 is 27.2 Å². The molecule has 32 heavy (non-hydrogen) atoms. The zero-order valence-electron chi connectivity index (χ0n) is 16.6. The van der Waals surface area contributed by atoms with Gasteiger partial charge >= 0.3 is 18.1 Å². The van der Waals surface area contributed by atoms with Gasteiger partial charge in [0.05, 0.1) is 10.7 Å². The largest absolute Gasteiger partial charge is 0.433 e. The molecule has 4 aromatic rings. The topological polar surface area (TPSA) is 96.8 Å². The van der Waals surface area contributed by atoms with Crippen molar-refractivity contribution in [1.29, 1.82) is 0 Å². The predicted molar refractivity (Wildman–Crippen MR) is 110 cm³/mol. The van der Waals surface area contributed by atoms with E-state index in [9.17, 15) is 18.0 Å². The first kappa shape index (κ1) is 21.4. The molecule has 0 bridgehead atoms. The van der Waals surface area contributed by atoms with Gasteiger partial charge in [-0.3, -0.25) is 14.8 Å². The highest BCUT2D eigenvalue weighted by Gasteiger charge is 2.32. The van der Waals surface area contributed by atoms with Crippen molar-refractivity contribution in [2.45, 2.75) is 19.6 Å². The van der Waals surface area contributed by atoms with E-state index < -0.39 is 17.9 Å². The van der Waals surface area contributed by atoms with Crippen LogP contribution in [0.5, 0.6) is 0 Å². The molecule has 164 valence electrons. The fraction of sp³-hybridized carbons (Fsp3) is 0.150. The average Bonchev–Trinajstić information content (AvgIpc) is 3.37. The molecule has 0 saturated heterocycles. The van der Waals surface area contributed by atoms with Crippen molar-refractivity contribution in [3.05, 3.63) is 70.4 Å². The second-order valence-electron chi connectivity index (χ2n) is 6.72. The van der Waals surface area contributed by atoms with Crippen molar-refractivity contribution in [3.63, 3.8) is 0 Å². The van der Waals surface area contributed by atoms with E-state index in [-0.39, 0.29) is 11.6 Å². The first-order valence-electron chi connectivity index (χ1n) is 9.25. The van der Waals surface area contributed by atoms with Crippen LogP contribution in [0.15, 0.2) is 58.7 Å². The molecule has 2 N–H and O–H groups in total. The maximum atomic E-state index is 12.7. The molecule has 2 amide bonds. The summed E-state index contributed by atoms with van der Waals surface area (Å²) < 4.78 is 44.7. The van der Waals surface area contributed by atoms with Crippen LogP contribution in [0.4, 0.5) is 29.5 Å². The number of urea groups is 1. The number of aryl methyl sites for hydroxylation is 1. The van der Waals surface area contributed by atoms with Crippen LogP contribution in [0.25, 0.3) is 11.3 Å². The van der Waals surface area contributed by atoms with Crippen LogP contribution in [0.2, 0.25) is 0 Å². The molecule has 1 aromatic carbocycles. The SMILES string of the molecule is Cc1nc(-c2ccc(C[n+]3cc(NC(=O)Nc4ccnc(C(F)(F)F)c4)on3)cc2)cs1. The number of amides is 2. The van der Waals surface area contributed by atoms with Crippen LogP contribution < -0.4 is 15.3 Å². The lowest BCUT2D eigenvalue weighted by Gasteiger charge is -2.08. The Bertz CT molecular complexity index is 1240. The summed E-state index contributed by atoms with van der Waals surface area (Å²) in [5, 5.41) is 11.5. The van der Waals surface area contributed by atoms with Crippen LogP contribution in [0.3, 0.4) is 0 Å². The Kier molecular flexibility index (Phi) is 5.86. The number of aromatic nitrogens is 4. The standard InChI is InChI=1S/C20H15F3N6O2S/c1-12-25-16(11-32-12)14-4-2-13(3-5-14)9-29-10-18(31-28-29)27-19(30)26-15-6-7-24-17(8-15)20(21,22)23/h2-8,10-11H,9H2,1H3,(H-,24,26,27,28,30)/p+1. The van der Waals surface area contributed by atoms with Gasteiger partial charge < -0.3 is 5.32 Å². The van der Waals surface area contributed by atoms with Gasteiger partial charge in [0.1, 0.15) is 5.69 Å². The van der Waals surface area contributed by atoms with Gasteiger partial charge in [-0.1, -0.05) is 24.3 Å². The molecule has 8 nitrogen and oxygen atoms in total. The van der Waals surface area contributed by atoms with Crippen molar-refractivity contribution >= 4 is 28.9 Å². The Hall–Kier alpha value is -3.80. The van der Waals surface area contributed by atoms with Crippen LogP contribution >= 0.6 is 11.3 Å². The molecule has 0 unspecified atom stereocenters. The van der Waals surface area contributed by atoms with E-state index in [4.69, 9.17) is 4.52 Å². The van der Waals surface area contributed by atoms with Gasteiger partial charge in [0, 0.05) is 28.4 Å². The lowest BCUT2D eigenvalue weighted by molar-refractivity contribution is -0.754. The number of nitrogens with zero attached hydrogens (tertiary/aromatic N) is 4. The summed E-state index contributed by atoms with van der Waals surface area (Å²) in [4.78, 5) is 19.7. The van der Waals surface area contributed by atoms with E-state index >= 15 is 0 Å². The van der Waals surface area contributed by atoms with Gasteiger partial charge in [-0.15, -0.1) is 11.3 Å². The summed E-state index contributed by atoms with van der Waals surface area (Å²) in [5.74, 6) is 0.0298. The van der Waals surface area contributed by atoms with Crippen molar-refractivity contribution in [2.24, 2.45) is 0 Å². The summed E-state index contributed by atoms with van der Waals surface area (Å²) in [6.45, 7) is 2.34. The summed E-state index contributed by atoms with van der Waals surface area (Å²) in [5.41, 5.74) is 1.71. The van der Waals surface area contributed by atoms with Crippen LogP contribution in [-0.4, -0.2) is 21.3 Å². The van der Waals surface area contributed by atoms with Gasteiger partial charge in [-0.25, -0.2) is 9.78 Å². The van der Waals surface area contributed by atoms with Crippen LogP contribution in [-0.2, 0) is 12.7 Å². The van der Waals surface area contributed by atoms with Gasteiger partial charge in [-0.05, 0) is 23.7 Å². The summed E-state index contributed by atoms with van der Waals surface area (Å²) >= 11 is 1.59. The first-order valence-corrected chi connectivity index (χ1v) is 10.1. The molecule has 0 atom stereocenters. The maximum Gasteiger partial charge on any atom is 0.433 e. The third kappa shape index (κ3) is 5.27. The van der Waals surface area contributed by atoms with E-state index in [0.717, 1.165) is 34.1 Å². The van der Waals surface area contributed by atoms with Gasteiger partial charge in [0.2, 0.25) is 11.8 Å². The third-order valence-corrected chi connectivity index (χ3v) is 5.04. The molecule has 4 rings (SSSR count). The number of benzene rings is 1. The zero-order chi connectivity index (χ0) is 22.7. The number of carbonyl (C=O) groups excluding carboxylic acids is 1. The second kappa shape index (κ2) is 8.75. The molecule has 0 fully saturated rings. The predicted octanol–water partition coefficient (Wildman–Crippen LogP) is 4.50. The molecule has 0 aliphatic carbocycles. The first-order chi connectivity index (χ1) is 15.3. The maximum absolute atomic E-state index is 12.7. The Labute approximate surface area is 183 Å². The summed E-state index contributed by atoms with van der Waals surface area (Å²) in [7, 11) is 0. The number of alkyl halides is 3. The molecule has 0 aliphatic heterocycles. The molecule has 3 heterocycles. The average molecular weight is 461 g/mol. The monoisotopic (exact) mass is 461 g/mol. The number of halogens is 3. The quantitative estimate of drug-likeness (QED) is 0.427. The Morgan fingerprint density at radius 2 is 1.97 bits per heavy atom. The highest BCUT2D eigenvalue weighted by atomic mass is 32.1. The van der Waals surface area contributed by atoms with E-state index in [1.807, 2.05) is 36.6 Å². The number of hydrogen-bond acceptors (Lipinski definition) is 6. The fourth-order valence-electron chi connectivity index (χ4n) is 2.81. The molecule has 12 heteroatoms. The fourth-order valence-corrected chi connectivity index (χ4v) is 3.43. The highest BCUT2D eigenvalue weighted by molar-refractivity contribution is 7.09. The molecule has 3 aromatic heterocycles. The highest BCUT2D eigenvalue weighted by Crippen LogP contribution is 2.28. The van der Waals surface area contributed by atoms with Gasteiger partial charge in [-0.2, -0.15) is 13.2 Å². The molecule has 0 spiro atoms. The second-order valence-corrected chi connectivity index (χ2v) is 7.78. The minimum absolute atomic E-state index is 0.0298. The number of nitrogens with one attached hydrogen (secondary N) is 2. The van der Waals surface area contributed by atoms with Crippen molar-refractivity contribution in [3.8, 4) is 11.3 Å². The zero-order valence-corrected chi connectivity index (χ0v) is 17.4. The molecule has 0 saturated carbocycles. The van der Waals surface area contributed by atoms with Crippen LogP contribution in [0.1, 0.15) is 16.3 Å². The van der Waals surface area contributed by atoms with Crippen molar-refractivity contribution in [2.75, 3.05) is 10.6 Å². The van der Waals surface area contributed by atoms with Crippen molar-refractivity contribution in [1.82, 2.24) is 15.2 Å². The number of thiazole rings is 1. The lowest BCUT2D eigenvalue weighted by atomic mass is 10.1. The number of hydrogen-bond donors (Lipinski definition) is 2. The van der Waals surface area contributed by atoms with E-state index in [1.165, 1.54) is 16.9 Å². The van der Waals surface area contributed by atoms with Crippen LogP contribution in [0, 0.1) is 6.92 Å².